The second-order valence-corrected chi connectivity index (χ2v) is 4.53. The van der Waals surface area contributed by atoms with E-state index < -0.39 is 18.0 Å². The van der Waals surface area contributed by atoms with Gasteiger partial charge in [-0.25, -0.2) is 4.79 Å². The molecule has 2 aromatic rings. The van der Waals surface area contributed by atoms with Gasteiger partial charge < -0.3 is 10.2 Å². The molecule has 0 aliphatic carbocycles. The molecule has 0 bridgehead atoms. The van der Waals surface area contributed by atoms with E-state index >= 15 is 0 Å². The maximum atomic E-state index is 11.1. The lowest BCUT2D eigenvalue weighted by Gasteiger charge is -2.22. The summed E-state index contributed by atoms with van der Waals surface area (Å²) >= 11 is 0. The molecule has 98 valence electrons. The standard InChI is InChI=1S/C16H16O3/c1-11-7-5-6-10-13(11)14(15(17)16(18)19)12-8-3-2-4-9-12/h2-10,14-15,17H,1H3,(H,18,19). The highest BCUT2D eigenvalue weighted by molar-refractivity contribution is 5.74. The molecule has 2 N–H and O–H groups in total. The SMILES string of the molecule is Cc1ccccc1C(c1ccccc1)C(O)C(=O)O. The largest absolute Gasteiger partial charge is 0.479 e. The van der Waals surface area contributed by atoms with Gasteiger partial charge in [0.25, 0.3) is 0 Å². The first-order valence-corrected chi connectivity index (χ1v) is 6.12. The zero-order valence-corrected chi connectivity index (χ0v) is 10.7. The van der Waals surface area contributed by atoms with Crippen LogP contribution >= 0.6 is 0 Å². The zero-order chi connectivity index (χ0) is 13.8. The predicted octanol–water partition coefficient (Wildman–Crippen LogP) is 2.57. The fraction of sp³-hybridized carbons (Fsp3) is 0.188. The van der Waals surface area contributed by atoms with Gasteiger partial charge in [-0.3, -0.25) is 0 Å². The summed E-state index contributed by atoms with van der Waals surface area (Å²) in [5.74, 6) is -1.77. The van der Waals surface area contributed by atoms with Gasteiger partial charge in [0.05, 0.1) is 0 Å². The molecule has 0 amide bonds. The van der Waals surface area contributed by atoms with Gasteiger partial charge in [-0.05, 0) is 23.6 Å². The highest BCUT2D eigenvalue weighted by Crippen LogP contribution is 2.30. The number of carboxylic acid groups (broad SMARTS) is 1. The van der Waals surface area contributed by atoms with Gasteiger partial charge in [0.2, 0.25) is 0 Å². The van der Waals surface area contributed by atoms with E-state index in [1.807, 2.05) is 61.5 Å². The van der Waals surface area contributed by atoms with Crippen LogP contribution in [0.2, 0.25) is 0 Å². The maximum absolute atomic E-state index is 11.1. The molecule has 0 radical (unpaired) electrons. The maximum Gasteiger partial charge on any atom is 0.333 e. The first-order chi connectivity index (χ1) is 9.11. The van der Waals surface area contributed by atoms with Crippen LogP contribution in [0.3, 0.4) is 0 Å². The summed E-state index contributed by atoms with van der Waals surface area (Å²) in [6.45, 7) is 1.92. The fourth-order valence-electron chi connectivity index (χ4n) is 2.27. The van der Waals surface area contributed by atoms with Crippen LogP contribution in [-0.2, 0) is 4.79 Å². The summed E-state index contributed by atoms with van der Waals surface area (Å²) in [4.78, 5) is 11.1. The molecule has 0 fully saturated rings. The molecule has 0 saturated heterocycles. The summed E-state index contributed by atoms with van der Waals surface area (Å²) in [6, 6.07) is 16.8. The minimum absolute atomic E-state index is 0.556. The quantitative estimate of drug-likeness (QED) is 0.884. The molecular weight excluding hydrogens is 240 g/mol. The Bertz CT molecular complexity index is 563. The van der Waals surface area contributed by atoms with Crippen LogP contribution in [0.1, 0.15) is 22.6 Å². The number of aryl methyl sites for hydroxylation is 1. The van der Waals surface area contributed by atoms with E-state index in [4.69, 9.17) is 5.11 Å². The summed E-state index contributed by atoms with van der Waals surface area (Å²) in [6.07, 6.45) is -1.46. The van der Waals surface area contributed by atoms with E-state index in [1.54, 1.807) is 0 Å². The number of carbonyl (C=O) groups is 1. The Hall–Kier alpha value is -2.13. The third kappa shape index (κ3) is 2.83. The van der Waals surface area contributed by atoms with Crippen LogP contribution in [0, 0.1) is 6.92 Å². The molecule has 2 aromatic carbocycles. The van der Waals surface area contributed by atoms with Gasteiger partial charge in [0, 0.05) is 5.92 Å². The molecule has 2 unspecified atom stereocenters. The lowest BCUT2D eigenvalue weighted by Crippen LogP contribution is -2.29. The van der Waals surface area contributed by atoms with Gasteiger partial charge in [-0.1, -0.05) is 54.6 Å². The number of rotatable bonds is 4. The van der Waals surface area contributed by atoms with E-state index in [2.05, 4.69) is 0 Å². The number of hydrogen-bond donors (Lipinski definition) is 2. The van der Waals surface area contributed by atoms with Crippen LogP contribution in [0.5, 0.6) is 0 Å². The van der Waals surface area contributed by atoms with Crippen LogP contribution in [-0.4, -0.2) is 22.3 Å². The fourth-order valence-corrected chi connectivity index (χ4v) is 2.27. The summed E-state index contributed by atoms with van der Waals surface area (Å²) in [5, 5.41) is 19.1. The highest BCUT2D eigenvalue weighted by atomic mass is 16.4. The lowest BCUT2D eigenvalue weighted by atomic mass is 9.84. The Morgan fingerprint density at radius 1 is 1.00 bits per heavy atom. The van der Waals surface area contributed by atoms with Gasteiger partial charge in [-0.2, -0.15) is 0 Å². The molecule has 0 aliphatic rings. The van der Waals surface area contributed by atoms with Gasteiger partial charge in [0.15, 0.2) is 6.10 Å². The van der Waals surface area contributed by atoms with Crippen molar-refractivity contribution in [2.24, 2.45) is 0 Å². The van der Waals surface area contributed by atoms with Crippen molar-refractivity contribution in [2.45, 2.75) is 18.9 Å². The molecule has 0 heterocycles. The van der Waals surface area contributed by atoms with Crippen molar-refractivity contribution in [2.75, 3.05) is 0 Å². The monoisotopic (exact) mass is 256 g/mol. The van der Waals surface area contributed by atoms with Gasteiger partial charge in [0.1, 0.15) is 0 Å². The van der Waals surface area contributed by atoms with Crippen molar-refractivity contribution >= 4 is 5.97 Å². The Balaban J connectivity index is 2.53. The van der Waals surface area contributed by atoms with Crippen LogP contribution in [0.25, 0.3) is 0 Å². The summed E-state index contributed by atoms with van der Waals surface area (Å²) < 4.78 is 0. The molecule has 0 aromatic heterocycles. The van der Waals surface area contributed by atoms with Crippen LogP contribution in [0.15, 0.2) is 54.6 Å². The normalized spacial score (nSPS) is 13.8. The van der Waals surface area contributed by atoms with Crippen LogP contribution < -0.4 is 0 Å². The second kappa shape index (κ2) is 5.67. The third-order valence-corrected chi connectivity index (χ3v) is 3.25. The molecule has 2 atom stereocenters. The summed E-state index contributed by atoms with van der Waals surface area (Å²) in [5.41, 5.74) is 2.60. The molecule has 3 nitrogen and oxygen atoms in total. The highest BCUT2D eigenvalue weighted by Gasteiger charge is 2.29. The summed E-state index contributed by atoms with van der Waals surface area (Å²) in [7, 11) is 0. The number of carboxylic acids is 1. The molecule has 19 heavy (non-hydrogen) atoms. The van der Waals surface area contributed by atoms with Crippen molar-refractivity contribution in [3.05, 3.63) is 71.3 Å². The van der Waals surface area contributed by atoms with Gasteiger partial charge >= 0.3 is 5.97 Å². The Kier molecular flexibility index (Phi) is 3.97. The van der Waals surface area contributed by atoms with Crippen LogP contribution in [0.4, 0.5) is 0 Å². The Morgan fingerprint density at radius 3 is 2.16 bits per heavy atom. The number of aliphatic hydroxyl groups is 1. The zero-order valence-electron chi connectivity index (χ0n) is 10.7. The van der Waals surface area contributed by atoms with Crippen molar-refractivity contribution in [3.63, 3.8) is 0 Å². The van der Waals surface area contributed by atoms with Crippen molar-refractivity contribution in [1.29, 1.82) is 0 Å². The molecule has 0 saturated carbocycles. The first-order valence-electron chi connectivity index (χ1n) is 6.12. The Labute approximate surface area is 112 Å². The number of aliphatic carboxylic acids is 1. The van der Waals surface area contributed by atoms with E-state index in [0.717, 1.165) is 16.7 Å². The first kappa shape index (κ1) is 13.3. The molecular formula is C16H16O3. The average Bonchev–Trinajstić information content (AvgIpc) is 2.42. The van der Waals surface area contributed by atoms with Crippen molar-refractivity contribution < 1.29 is 15.0 Å². The van der Waals surface area contributed by atoms with Gasteiger partial charge in [-0.15, -0.1) is 0 Å². The minimum atomic E-state index is -1.46. The second-order valence-electron chi connectivity index (χ2n) is 4.53. The van der Waals surface area contributed by atoms with Crippen molar-refractivity contribution in [3.8, 4) is 0 Å². The van der Waals surface area contributed by atoms with E-state index in [1.165, 1.54) is 0 Å². The third-order valence-electron chi connectivity index (χ3n) is 3.25. The van der Waals surface area contributed by atoms with E-state index in [-0.39, 0.29) is 0 Å². The topological polar surface area (TPSA) is 57.5 Å². The molecule has 3 heteroatoms. The molecule has 2 rings (SSSR count). The average molecular weight is 256 g/mol. The molecule has 0 aliphatic heterocycles. The smallest absolute Gasteiger partial charge is 0.333 e. The number of aliphatic hydroxyl groups excluding tert-OH is 1. The number of hydrogen-bond acceptors (Lipinski definition) is 2. The Morgan fingerprint density at radius 2 is 1.58 bits per heavy atom. The van der Waals surface area contributed by atoms with E-state index in [0.29, 0.717) is 0 Å². The molecule has 0 spiro atoms. The number of benzene rings is 2. The van der Waals surface area contributed by atoms with E-state index in [9.17, 15) is 9.90 Å². The predicted molar refractivity (Wildman–Crippen MR) is 73.1 cm³/mol. The van der Waals surface area contributed by atoms with Crippen molar-refractivity contribution in [1.82, 2.24) is 0 Å². The lowest BCUT2D eigenvalue weighted by molar-refractivity contribution is -0.147. The minimum Gasteiger partial charge on any atom is -0.479 e.